The van der Waals surface area contributed by atoms with Crippen LogP contribution in [0.4, 0.5) is 0 Å². The van der Waals surface area contributed by atoms with Gasteiger partial charge in [0.05, 0.1) is 0 Å². The summed E-state index contributed by atoms with van der Waals surface area (Å²) in [4.78, 5) is 2.67. The zero-order valence-electron chi connectivity index (χ0n) is 17.2. The van der Waals surface area contributed by atoms with Gasteiger partial charge in [-0.05, 0) is 56.6 Å². The van der Waals surface area contributed by atoms with Crippen molar-refractivity contribution in [2.24, 2.45) is 0 Å². The van der Waals surface area contributed by atoms with E-state index in [1.54, 1.807) is 0 Å². The molecule has 0 saturated carbocycles. The fourth-order valence-electron chi connectivity index (χ4n) is 4.87. The molecule has 5 aromatic carbocycles. The molecule has 0 aliphatic rings. The minimum atomic E-state index is 1.31. The lowest BCUT2D eigenvalue weighted by molar-refractivity contribution is 1.75. The Labute approximate surface area is 194 Å². The zero-order chi connectivity index (χ0) is 21.1. The summed E-state index contributed by atoms with van der Waals surface area (Å²) in [5, 5.41) is 7.93. The van der Waals surface area contributed by atoms with Gasteiger partial charge < -0.3 is 0 Å². The van der Waals surface area contributed by atoms with Crippen LogP contribution in [0, 0.1) is 0 Å². The third kappa shape index (κ3) is 2.67. The second kappa shape index (κ2) is 7.03. The lowest BCUT2D eigenvalue weighted by Crippen LogP contribution is -1.88. The van der Waals surface area contributed by atoms with Crippen LogP contribution in [0.1, 0.15) is 0 Å². The van der Waals surface area contributed by atoms with Crippen LogP contribution < -0.4 is 0 Å². The van der Waals surface area contributed by atoms with E-state index in [2.05, 4.69) is 109 Å². The van der Waals surface area contributed by atoms with Crippen LogP contribution in [-0.2, 0) is 0 Å². The fraction of sp³-hybridized carbons (Fsp3) is 0. The van der Waals surface area contributed by atoms with Gasteiger partial charge in [-0.2, -0.15) is 0 Å². The summed E-state index contributed by atoms with van der Waals surface area (Å²) < 4.78 is 2.67. The van der Waals surface area contributed by atoms with Gasteiger partial charge >= 0.3 is 0 Å². The van der Waals surface area contributed by atoms with E-state index in [-0.39, 0.29) is 0 Å². The maximum atomic E-state index is 2.35. The van der Waals surface area contributed by atoms with E-state index in [4.69, 9.17) is 0 Å². The fourth-order valence-corrected chi connectivity index (χ4v) is 7.14. The first-order valence-electron chi connectivity index (χ1n) is 10.8. The number of benzene rings is 5. The molecule has 0 N–H and O–H groups in total. The van der Waals surface area contributed by atoms with E-state index >= 15 is 0 Å². The van der Waals surface area contributed by atoms with Crippen LogP contribution >= 0.6 is 22.7 Å². The Morgan fingerprint density at radius 3 is 1.09 bits per heavy atom. The van der Waals surface area contributed by atoms with Crippen molar-refractivity contribution in [2.45, 2.75) is 0 Å². The summed E-state index contributed by atoms with van der Waals surface area (Å²) in [6, 6.07) is 39.9. The van der Waals surface area contributed by atoms with Gasteiger partial charge in [0.2, 0.25) is 0 Å². The largest absolute Gasteiger partial charge is 0.135 e. The smallest absolute Gasteiger partial charge is 0.0367 e. The lowest BCUT2D eigenvalue weighted by Gasteiger charge is -2.15. The topological polar surface area (TPSA) is 0 Å². The van der Waals surface area contributed by atoms with E-state index in [9.17, 15) is 0 Å². The molecule has 7 aromatic rings. The molecule has 150 valence electrons. The lowest BCUT2D eigenvalue weighted by atomic mass is 9.90. The monoisotopic (exact) mass is 442 g/mol. The van der Waals surface area contributed by atoms with Gasteiger partial charge in [0, 0.05) is 30.3 Å². The maximum Gasteiger partial charge on any atom is 0.0367 e. The average Bonchev–Trinajstić information content (AvgIpc) is 3.46. The molecule has 0 aliphatic carbocycles. The van der Waals surface area contributed by atoms with Crippen LogP contribution in [0.25, 0.3) is 62.6 Å². The first-order valence-corrected chi connectivity index (χ1v) is 12.4. The molecular weight excluding hydrogens is 424 g/mol. The summed E-state index contributed by atoms with van der Waals surface area (Å²) >= 11 is 3.78. The quantitative estimate of drug-likeness (QED) is 0.234. The van der Waals surface area contributed by atoms with Crippen molar-refractivity contribution < 1.29 is 0 Å². The van der Waals surface area contributed by atoms with Crippen LogP contribution in [0.5, 0.6) is 0 Å². The number of thiophene rings is 2. The Balaban J connectivity index is 1.64. The van der Waals surface area contributed by atoms with Gasteiger partial charge in [0.25, 0.3) is 0 Å². The highest BCUT2D eigenvalue weighted by atomic mass is 32.1. The van der Waals surface area contributed by atoms with Crippen molar-refractivity contribution in [3.8, 4) is 20.9 Å². The molecule has 32 heavy (non-hydrogen) atoms. The predicted octanol–water partition coefficient (Wildman–Crippen LogP) is 9.76. The van der Waals surface area contributed by atoms with Crippen molar-refractivity contribution in [1.82, 2.24) is 0 Å². The predicted molar refractivity (Wildman–Crippen MR) is 143 cm³/mol. The summed E-state index contributed by atoms with van der Waals surface area (Å²) in [5.41, 5.74) is 2.70. The average molecular weight is 443 g/mol. The highest BCUT2D eigenvalue weighted by Gasteiger charge is 2.18. The standard InChI is InChI=1S/C30H18S2/c1-7-15-25-19(9-1)17-27(31-25)29-21-11-3-5-13-23(21)30(24-14-6-4-12-22(24)29)28-18-20-10-2-8-16-26(20)32-28/h1-18H. The van der Waals surface area contributed by atoms with Gasteiger partial charge in [-0.15, -0.1) is 22.7 Å². The van der Waals surface area contributed by atoms with E-state index in [0.717, 1.165) is 0 Å². The Bertz CT molecular complexity index is 1530. The zero-order valence-corrected chi connectivity index (χ0v) is 18.8. The second-order valence-corrected chi connectivity index (χ2v) is 10.3. The molecular formula is C30H18S2. The Morgan fingerprint density at radius 1 is 0.375 bits per heavy atom. The van der Waals surface area contributed by atoms with Crippen molar-refractivity contribution in [1.29, 1.82) is 0 Å². The van der Waals surface area contributed by atoms with Crippen LogP contribution in [-0.4, -0.2) is 0 Å². The molecule has 0 radical (unpaired) electrons. The molecule has 0 amide bonds. The van der Waals surface area contributed by atoms with Gasteiger partial charge in [0.15, 0.2) is 0 Å². The summed E-state index contributed by atoms with van der Waals surface area (Å²) in [6.45, 7) is 0. The van der Waals surface area contributed by atoms with Crippen molar-refractivity contribution in [3.05, 3.63) is 109 Å². The van der Waals surface area contributed by atoms with E-state index in [1.165, 1.54) is 62.6 Å². The van der Waals surface area contributed by atoms with E-state index in [0.29, 0.717) is 0 Å². The van der Waals surface area contributed by atoms with Crippen LogP contribution in [0.2, 0.25) is 0 Å². The minimum absolute atomic E-state index is 1.31. The maximum absolute atomic E-state index is 2.35. The number of hydrogen-bond acceptors (Lipinski definition) is 2. The molecule has 2 aromatic heterocycles. The second-order valence-electron chi connectivity index (χ2n) is 8.14. The third-order valence-electron chi connectivity index (χ3n) is 6.28. The summed E-state index contributed by atoms with van der Waals surface area (Å²) in [7, 11) is 0. The molecule has 0 nitrogen and oxygen atoms in total. The van der Waals surface area contributed by atoms with Crippen LogP contribution in [0.3, 0.4) is 0 Å². The highest BCUT2D eigenvalue weighted by molar-refractivity contribution is 7.23. The molecule has 0 atom stereocenters. The normalized spacial score (nSPS) is 11.8. The molecule has 0 saturated heterocycles. The van der Waals surface area contributed by atoms with Gasteiger partial charge in [-0.1, -0.05) is 84.9 Å². The highest BCUT2D eigenvalue weighted by Crippen LogP contribution is 2.48. The van der Waals surface area contributed by atoms with Gasteiger partial charge in [0.1, 0.15) is 0 Å². The molecule has 0 bridgehead atoms. The van der Waals surface area contributed by atoms with E-state index < -0.39 is 0 Å². The minimum Gasteiger partial charge on any atom is -0.135 e. The Hall–Kier alpha value is -3.46. The molecule has 0 unspecified atom stereocenters. The van der Waals surface area contributed by atoms with Crippen molar-refractivity contribution in [2.75, 3.05) is 0 Å². The first kappa shape index (κ1) is 18.1. The molecule has 7 rings (SSSR count). The van der Waals surface area contributed by atoms with Gasteiger partial charge in [-0.25, -0.2) is 0 Å². The van der Waals surface area contributed by atoms with Gasteiger partial charge in [-0.3, -0.25) is 0 Å². The van der Waals surface area contributed by atoms with Crippen molar-refractivity contribution in [3.63, 3.8) is 0 Å². The SMILES string of the molecule is c1ccc2sc(-c3c4ccccc4c(-c4cc5ccccc5s4)c4ccccc34)cc2c1. The number of rotatable bonds is 2. The Kier molecular flexibility index (Phi) is 3.98. The number of hydrogen-bond donors (Lipinski definition) is 0. The van der Waals surface area contributed by atoms with E-state index in [1.807, 2.05) is 22.7 Å². The molecule has 0 fully saturated rings. The first-order chi connectivity index (χ1) is 15.9. The summed E-state index contributed by atoms with van der Waals surface area (Å²) in [6.07, 6.45) is 0. The van der Waals surface area contributed by atoms with Crippen LogP contribution in [0.15, 0.2) is 109 Å². The summed E-state index contributed by atoms with van der Waals surface area (Å²) in [5.74, 6) is 0. The number of fused-ring (bicyclic) bond motifs is 4. The van der Waals surface area contributed by atoms with Crippen molar-refractivity contribution >= 4 is 64.4 Å². The molecule has 0 spiro atoms. The molecule has 2 heteroatoms. The third-order valence-corrected chi connectivity index (χ3v) is 8.54. The Morgan fingerprint density at radius 2 is 0.719 bits per heavy atom. The molecule has 0 aliphatic heterocycles. The molecule has 2 heterocycles.